The van der Waals surface area contributed by atoms with Crippen molar-refractivity contribution in [3.63, 3.8) is 0 Å². The van der Waals surface area contributed by atoms with Gasteiger partial charge in [-0.05, 0) is 49.4 Å². The molecule has 1 amide bonds. The number of nitrogens with one attached hydrogen (secondary N) is 1. The van der Waals surface area contributed by atoms with Crippen LogP contribution in [0.25, 0.3) is 0 Å². The molecule has 0 unspecified atom stereocenters. The van der Waals surface area contributed by atoms with Crippen LogP contribution in [0.15, 0.2) is 71.6 Å². The Labute approximate surface area is 186 Å². The van der Waals surface area contributed by atoms with E-state index < -0.39 is 28.3 Å². The number of nitrogens with zero attached hydrogens (tertiary/aromatic N) is 1. The van der Waals surface area contributed by atoms with Gasteiger partial charge in [-0.15, -0.1) is 0 Å². The zero-order chi connectivity index (χ0) is 23.3. The standard InChI is InChI=1S/C23H23FN2O5S/c1-16-7-10-20(11-8-16)32(28,29)26(19-9-12-21(30-2)22(14-19)31-3)15-23(27)25-18-6-4-5-17(24)13-18/h4-14H,15H2,1-3H3,(H,25,27). The first-order valence-corrected chi connectivity index (χ1v) is 11.1. The van der Waals surface area contributed by atoms with Crippen molar-refractivity contribution < 1.29 is 27.1 Å². The van der Waals surface area contributed by atoms with Crippen molar-refractivity contribution in [1.29, 1.82) is 0 Å². The van der Waals surface area contributed by atoms with Gasteiger partial charge in [0.05, 0.1) is 24.8 Å². The van der Waals surface area contributed by atoms with Crippen molar-refractivity contribution >= 4 is 27.3 Å². The van der Waals surface area contributed by atoms with Crippen LogP contribution in [0.4, 0.5) is 15.8 Å². The summed E-state index contributed by atoms with van der Waals surface area (Å²) in [5.41, 5.74) is 1.32. The Morgan fingerprint density at radius 1 is 0.969 bits per heavy atom. The van der Waals surface area contributed by atoms with Crippen molar-refractivity contribution in [3.05, 3.63) is 78.1 Å². The molecule has 1 N–H and O–H groups in total. The van der Waals surface area contributed by atoms with Crippen LogP contribution in [0.3, 0.4) is 0 Å². The number of methoxy groups -OCH3 is 2. The summed E-state index contributed by atoms with van der Waals surface area (Å²) in [6, 6.07) is 16.2. The number of ether oxygens (including phenoxy) is 2. The number of hydrogen-bond donors (Lipinski definition) is 1. The number of rotatable bonds is 8. The molecule has 0 aliphatic rings. The van der Waals surface area contributed by atoms with Gasteiger partial charge in [-0.1, -0.05) is 23.8 Å². The van der Waals surface area contributed by atoms with Gasteiger partial charge in [-0.25, -0.2) is 12.8 Å². The molecule has 0 bridgehead atoms. The van der Waals surface area contributed by atoms with Crippen LogP contribution < -0.4 is 19.1 Å². The van der Waals surface area contributed by atoms with Crippen molar-refractivity contribution in [3.8, 4) is 11.5 Å². The van der Waals surface area contributed by atoms with Gasteiger partial charge in [-0.2, -0.15) is 0 Å². The number of benzene rings is 3. The van der Waals surface area contributed by atoms with Gasteiger partial charge in [0, 0.05) is 11.8 Å². The van der Waals surface area contributed by atoms with E-state index in [1.807, 2.05) is 6.92 Å². The number of carbonyl (C=O) groups excluding carboxylic acids is 1. The molecule has 0 fully saturated rings. The average molecular weight is 459 g/mol. The van der Waals surface area contributed by atoms with Crippen LogP contribution in [0, 0.1) is 12.7 Å². The molecule has 3 aromatic rings. The lowest BCUT2D eigenvalue weighted by Gasteiger charge is -2.25. The highest BCUT2D eigenvalue weighted by Crippen LogP contribution is 2.33. The minimum absolute atomic E-state index is 0.0245. The normalized spacial score (nSPS) is 11.0. The minimum Gasteiger partial charge on any atom is -0.493 e. The number of amides is 1. The van der Waals surface area contributed by atoms with Crippen LogP contribution in [0.1, 0.15) is 5.56 Å². The summed E-state index contributed by atoms with van der Waals surface area (Å²) in [4.78, 5) is 12.7. The molecule has 0 spiro atoms. The summed E-state index contributed by atoms with van der Waals surface area (Å²) >= 11 is 0. The van der Waals surface area contributed by atoms with Gasteiger partial charge in [-0.3, -0.25) is 9.10 Å². The molecule has 0 heterocycles. The minimum atomic E-state index is -4.11. The first-order valence-electron chi connectivity index (χ1n) is 9.61. The molecule has 7 nitrogen and oxygen atoms in total. The Hall–Kier alpha value is -3.59. The van der Waals surface area contributed by atoms with E-state index in [0.29, 0.717) is 11.5 Å². The lowest BCUT2D eigenvalue weighted by atomic mass is 10.2. The van der Waals surface area contributed by atoms with Crippen molar-refractivity contribution in [2.24, 2.45) is 0 Å². The molecule has 168 valence electrons. The molecule has 0 atom stereocenters. The van der Waals surface area contributed by atoms with Crippen LogP contribution in [-0.2, 0) is 14.8 Å². The average Bonchev–Trinajstić information content (AvgIpc) is 2.77. The Kier molecular flexibility index (Phi) is 6.99. The monoisotopic (exact) mass is 458 g/mol. The zero-order valence-electron chi connectivity index (χ0n) is 17.8. The fourth-order valence-corrected chi connectivity index (χ4v) is 4.44. The van der Waals surface area contributed by atoms with E-state index in [0.717, 1.165) is 15.9 Å². The van der Waals surface area contributed by atoms with Gasteiger partial charge >= 0.3 is 0 Å². The molecule has 0 saturated carbocycles. The Bertz CT molecular complexity index is 1210. The van der Waals surface area contributed by atoms with Crippen LogP contribution in [0.2, 0.25) is 0 Å². The van der Waals surface area contributed by atoms with Gasteiger partial charge in [0.2, 0.25) is 5.91 Å². The zero-order valence-corrected chi connectivity index (χ0v) is 18.6. The highest BCUT2D eigenvalue weighted by Gasteiger charge is 2.28. The quantitative estimate of drug-likeness (QED) is 0.552. The summed E-state index contributed by atoms with van der Waals surface area (Å²) in [6.45, 7) is 1.30. The van der Waals surface area contributed by atoms with E-state index in [9.17, 15) is 17.6 Å². The Morgan fingerprint density at radius 3 is 2.28 bits per heavy atom. The second-order valence-electron chi connectivity index (χ2n) is 6.92. The highest BCUT2D eigenvalue weighted by molar-refractivity contribution is 7.92. The largest absolute Gasteiger partial charge is 0.493 e. The maximum Gasteiger partial charge on any atom is 0.264 e. The molecule has 0 aromatic heterocycles. The third-order valence-corrected chi connectivity index (χ3v) is 6.45. The fraction of sp³-hybridized carbons (Fsp3) is 0.174. The third-order valence-electron chi connectivity index (χ3n) is 4.66. The molecule has 3 aromatic carbocycles. The summed E-state index contributed by atoms with van der Waals surface area (Å²) in [5, 5.41) is 2.53. The summed E-state index contributed by atoms with van der Waals surface area (Å²) in [6.07, 6.45) is 0. The molecule has 32 heavy (non-hydrogen) atoms. The second kappa shape index (κ2) is 9.69. The first-order chi connectivity index (χ1) is 15.2. The number of carbonyl (C=O) groups is 1. The summed E-state index contributed by atoms with van der Waals surface area (Å²) < 4.78 is 51.8. The maximum absolute atomic E-state index is 13.5. The van der Waals surface area contributed by atoms with E-state index in [2.05, 4.69) is 5.32 Å². The van der Waals surface area contributed by atoms with Gasteiger partial charge in [0.25, 0.3) is 10.0 Å². The maximum atomic E-state index is 13.5. The van der Waals surface area contributed by atoms with Crippen LogP contribution in [0.5, 0.6) is 11.5 Å². The van der Waals surface area contributed by atoms with Crippen molar-refractivity contribution in [1.82, 2.24) is 0 Å². The van der Waals surface area contributed by atoms with Gasteiger partial charge in [0.1, 0.15) is 12.4 Å². The van der Waals surface area contributed by atoms with Gasteiger partial charge in [0.15, 0.2) is 11.5 Å². The van der Waals surface area contributed by atoms with E-state index in [4.69, 9.17) is 9.47 Å². The van der Waals surface area contributed by atoms with E-state index in [-0.39, 0.29) is 16.3 Å². The van der Waals surface area contributed by atoms with Gasteiger partial charge < -0.3 is 14.8 Å². The smallest absolute Gasteiger partial charge is 0.264 e. The molecule has 0 radical (unpaired) electrons. The number of halogens is 1. The molecule has 0 aliphatic heterocycles. The number of sulfonamides is 1. The Balaban J connectivity index is 2.01. The molecular formula is C23H23FN2O5S. The third kappa shape index (κ3) is 5.17. The molecule has 9 heteroatoms. The SMILES string of the molecule is COc1ccc(N(CC(=O)Nc2cccc(F)c2)S(=O)(=O)c2ccc(C)cc2)cc1OC. The lowest BCUT2D eigenvalue weighted by Crippen LogP contribution is -2.38. The first kappa shape index (κ1) is 23.1. The second-order valence-corrected chi connectivity index (χ2v) is 8.78. The van der Waals surface area contributed by atoms with E-state index >= 15 is 0 Å². The van der Waals surface area contributed by atoms with E-state index in [1.54, 1.807) is 18.2 Å². The predicted molar refractivity (Wildman–Crippen MR) is 120 cm³/mol. The van der Waals surface area contributed by atoms with Crippen molar-refractivity contribution in [2.45, 2.75) is 11.8 Å². The predicted octanol–water partition coefficient (Wildman–Crippen LogP) is 3.99. The van der Waals surface area contributed by atoms with Crippen molar-refractivity contribution in [2.75, 3.05) is 30.4 Å². The molecular weight excluding hydrogens is 435 g/mol. The molecule has 3 rings (SSSR count). The Morgan fingerprint density at radius 2 is 1.66 bits per heavy atom. The number of aryl methyl sites for hydroxylation is 1. The molecule has 0 saturated heterocycles. The topological polar surface area (TPSA) is 84.9 Å². The number of anilines is 2. The molecule has 0 aliphatic carbocycles. The summed E-state index contributed by atoms with van der Waals surface area (Å²) in [5.74, 6) is -0.444. The highest BCUT2D eigenvalue weighted by atomic mass is 32.2. The van der Waals surface area contributed by atoms with Crippen LogP contribution >= 0.6 is 0 Å². The fourth-order valence-electron chi connectivity index (χ4n) is 3.03. The summed E-state index contributed by atoms with van der Waals surface area (Å²) in [7, 11) is -1.22. The van der Waals surface area contributed by atoms with E-state index in [1.165, 1.54) is 56.7 Å². The lowest BCUT2D eigenvalue weighted by molar-refractivity contribution is -0.114. The number of hydrogen-bond acceptors (Lipinski definition) is 5. The van der Waals surface area contributed by atoms with Crippen LogP contribution in [-0.4, -0.2) is 35.1 Å².